The van der Waals surface area contributed by atoms with Crippen LogP contribution in [0, 0.1) is 11.3 Å². The van der Waals surface area contributed by atoms with Crippen LogP contribution >= 0.6 is 0 Å². The van der Waals surface area contributed by atoms with Gasteiger partial charge in [0.25, 0.3) is 0 Å². The summed E-state index contributed by atoms with van der Waals surface area (Å²) < 4.78 is 12.0. The largest absolute Gasteiger partial charge is 0.493 e. The third kappa shape index (κ3) is 2.88. The van der Waals surface area contributed by atoms with Gasteiger partial charge in [0, 0.05) is 17.5 Å². The molecule has 0 amide bonds. The van der Waals surface area contributed by atoms with E-state index in [9.17, 15) is 9.59 Å². The predicted octanol–water partition coefficient (Wildman–Crippen LogP) is 1.84. The van der Waals surface area contributed by atoms with Crippen LogP contribution in [0.15, 0.2) is 58.0 Å². The molecular formula is C18H13N2O4+. The van der Waals surface area contributed by atoms with Gasteiger partial charge in [-0.25, -0.2) is 4.79 Å². The molecule has 6 heteroatoms. The fourth-order valence-electron chi connectivity index (χ4n) is 2.36. The van der Waals surface area contributed by atoms with Crippen LogP contribution in [0.3, 0.4) is 0 Å². The zero-order valence-corrected chi connectivity index (χ0v) is 12.9. The lowest BCUT2D eigenvalue weighted by atomic mass is 10.1. The first-order chi connectivity index (χ1) is 11.6. The topological polar surface area (TPSA) is 84.2 Å². The Bertz CT molecular complexity index is 1010. The Morgan fingerprint density at radius 1 is 1.29 bits per heavy atom. The normalized spacial score (nSPS) is 10.3. The van der Waals surface area contributed by atoms with E-state index in [4.69, 9.17) is 14.4 Å². The van der Waals surface area contributed by atoms with Gasteiger partial charge in [-0.15, -0.1) is 0 Å². The molecule has 24 heavy (non-hydrogen) atoms. The van der Waals surface area contributed by atoms with Crippen LogP contribution in [0.25, 0.3) is 11.0 Å². The highest BCUT2D eigenvalue weighted by Gasteiger charge is 2.19. The molecular weight excluding hydrogens is 308 g/mol. The van der Waals surface area contributed by atoms with Crippen molar-refractivity contribution in [3.8, 4) is 11.8 Å². The number of para-hydroxylation sites is 1. The number of benzene rings is 1. The zero-order valence-electron chi connectivity index (χ0n) is 12.9. The first-order valence-corrected chi connectivity index (χ1v) is 7.15. The Hall–Kier alpha value is -3.46. The Kier molecular flexibility index (Phi) is 4.08. The van der Waals surface area contributed by atoms with E-state index in [0.29, 0.717) is 22.3 Å². The number of rotatable bonds is 4. The summed E-state index contributed by atoms with van der Waals surface area (Å²) in [5.41, 5.74) is 0.0856. The van der Waals surface area contributed by atoms with Crippen LogP contribution in [0.1, 0.15) is 15.9 Å². The summed E-state index contributed by atoms with van der Waals surface area (Å²) in [6.07, 6.45) is 3.23. The number of Topliss-reactive ketones (excluding diaryl/α,β-unsaturated/α-hetero) is 1. The van der Waals surface area contributed by atoms with Crippen molar-refractivity contribution in [2.75, 3.05) is 7.11 Å². The van der Waals surface area contributed by atoms with Crippen LogP contribution < -0.4 is 14.9 Å². The molecule has 118 valence electrons. The van der Waals surface area contributed by atoms with E-state index >= 15 is 0 Å². The summed E-state index contributed by atoms with van der Waals surface area (Å²) in [5.74, 6) is 0.0632. The van der Waals surface area contributed by atoms with Crippen molar-refractivity contribution in [2.45, 2.75) is 6.54 Å². The highest BCUT2D eigenvalue weighted by Crippen LogP contribution is 2.24. The molecule has 0 unspecified atom stereocenters. The van der Waals surface area contributed by atoms with Gasteiger partial charge in [-0.3, -0.25) is 4.79 Å². The second kappa shape index (κ2) is 6.34. The molecule has 0 N–H and O–H groups in total. The number of fused-ring (bicyclic) bond motifs is 1. The number of hydrogen-bond donors (Lipinski definition) is 0. The molecule has 2 heterocycles. The SMILES string of the molecule is COc1cccc2cc(C(=O)C[n+]3ccc(C#N)cc3)c(=O)oc12. The second-order valence-corrected chi connectivity index (χ2v) is 5.12. The van der Waals surface area contributed by atoms with Gasteiger partial charge < -0.3 is 9.15 Å². The minimum Gasteiger partial charge on any atom is -0.493 e. The van der Waals surface area contributed by atoms with Crippen molar-refractivity contribution in [3.63, 3.8) is 0 Å². The predicted molar refractivity (Wildman–Crippen MR) is 84.7 cm³/mol. The average molecular weight is 321 g/mol. The summed E-state index contributed by atoms with van der Waals surface area (Å²) in [4.78, 5) is 24.5. The lowest BCUT2D eigenvalue weighted by Crippen LogP contribution is -2.38. The molecule has 3 rings (SSSR count). The molecule has 0 spiro atoms. The van der Waals surface area contributed by atoms with Crippen molar-refractivity contribution in [1.29, 1.82) is 5.26 Å². The first kappa shape index (κ1) is 15.4. The van der Waals surface area contributed by atoms with Crippen molar-refractivity contribution in [2.24, 2.45) is 0 Å². The van der Waals surface area contributed by atoms with Crippen molar-refractivity contribution in [1.82, 2.24) is 0 Å². The number of ketones is 1. The van der Waals surface area contributed by atoms with E-state index in [2.05, 4.69) is 0 Å². The maximum atomic E-state index is 12.4. The van der Waals surface area contributed by atoms with Crippen molar-refractivity contribution in [3.05, 3.63) is 70.3 Å². The van der Waals surface area contributed by atoms with Crippen LogP contribution in [0.4, 0.5) is 0 Å². The minimum absolute atomic E-state index is 0.0207. The number of nitrogens with zero attached hydrogens (tertiary/aromatic N) is 2. The fraction of sp³-hybridized carbons (Fsp3) is 0.111. The average Bonchev–Trinajstić information content (AvgIpc) is 2.61. The standard InChI is InChI=1S/C18H13N2O4/c1-23-16-4-2-3-13-9-14(18(22)24-17(13)16)15(21)11-20-7-5-12(10-19)6-8-20/h2-9H,11H2,1H3/q+1. The molecule has 0 fully saturated rings. The van der Waals surface area contributed by atoms with Gasteiger partial charge in [0.1, 0.15) is 5.56 Å². The van der Waals surface area contributed by atoms with E-state index in [1.54, 1.807) is 47.3 Å². The molecule has 0 bridgehead atoms. The Morgan fingerprint density at radius 2 is 2.04 bits per heavy atom. The summed E-state index contributed by atoms with van der Waals surface area (Å²) in [6, 6.07) is 11.9. The van der Waals surface area contributed by atoms with Gasteiger partial charge >= 0.3 is 5.63 Å². The summed E-state index contributed by atoms with van der Waals surface area (Å²) in [5, 5.41) is 9.39. The fourth-order valence-corrected chi connectivity index (χ4v) is 2.36. The van der Waals surface area contributed by atoms with Gasteiger partial charge in [-0.1, -0.05) is 12.1 Å². The Labute approximate surface area is 137 Å². The number of carbonyl (C=O) groups is 1. The minimum atomic E-state index is -0.703. The van der Waals surface area contributed by atoms with Crippen LogP contribution in [-0.2, 0) is 6.54 Å². The quantitative estimate of drug-likeness (QED) is 0.416. The molecule has 6 nitrogen and oxygen atoms in total. The number of hydrogen-bond acceptors (Lipinski definition) is 5. The number of carbonyl (C=O) groups excluding carboxylic acids is 1. The van der Waals surface area contributed by atoms with Gasteiger partial charge in [-0.05, 0) is 12.1 Å². The second-order valence-electron chi connectivity index (χ2n) is 5.12. The first-order valence-electron chi connectivity index (χ1n) is 7.15. The lowest BCUT2D eigenvalue weighted by molar-refractivity contribution is -0.683. The van der Waals surface area contributed by atoms with Gasteiger partial charge in [0.2, 0.25) is 12.3 Å². The zero-order chi connectivity index (χ0) is 17.1. The molecule has 0 radical (unpaired) electrons. The molecule has 0 aliphatic carbocycles. The van der Waals surface area contributed by atoms with Gasteiger partial charge in [-0.2, -0.15) is 9.83 Å². The van der Waals surface area contributed by atoms with E-state index < -0.39 is 5.63 Å². The molecule has 0 saturated carbocycles. The van der Waals surface area contributed by atoms with E-state index in [-0.39, 0.29) is 17.9 Å². The number of ether oxygens (including phenoxy) is 1. The van der Waals surface area contributed by atoms with E-state index in [1.165, 1.54) is 13.2 Å². The molecule has 3 aromatic rings. The van der Waals surface area contributed by atoms with E-state index in [1.807, 2.05) is 6.07 Å². The summed E-state index contributed by atoms with van der Waals surface area (Å²) >= 11 is 0. The van der Waals surface area contributed by atoms with Gasteiger partial charge in [0.05, 0.1) is 18.7 Å². The van der Waals surface area contributed by atoms with Gasteiger partial charge in [0.15, 0.2) is 23.7 Å². The Morgan fingerprint density at radius 3 is 2.71 bits per heavy atom. The Balaban J connectivity index is 1.96. The van der Waals surface area contributed by atoms with Crippen LogP contribution in [-0.4, -0.2) is 12.9 Å². The maximum absolute atomic E-state index is 12.4. The molecule has 0 aliphatic rings. The number of methoxy groups -OCH3 is 1. The number of aromatic nitrogens is 1. The number of nitriles is 1. The van der Waals surface area contributed by atoms with Crippen molar-refractivity contribution < 1.29 is 18.5 Å². The highest BCUT2D eigenvalue weighted by atomic mass is 16.5. The molecule has 0 saturated heterocycles. The molecule has 2 aromatic heterocycles. The van der Waals surface area contributed by atoms with Crippen LogP contribution in [0.5, 0.6) is 5.75 Å². The molecule has 0 atom stereocenters. The monoisotopic (exact) mass is 321 g/mol. The van der Waals surface area contributed by atoms with Crippen LogP contribution in [0.2, 0.25) is 0 Å². The lowest BCUT2D eigenvalue weighted by Gasteiger charge is -2.04. The van der Waals surface area contributed by atoms with Crippen molar-refractivity contribution >= 4 is 16.8 Å². The number of pyridine rings is 1. The summed E-state index contributed by atoms with van der Waals surface area (Å²) in [7, 11) is 1.48. The molecule has 1 aromatic carbocycles. The third-order valence-corrected chi connectivity index (χ3v) is 3.59. The molecule has 0 aliphatic heterocycles. The van der Waals surface area contributed by atoms with E-state index in [0.717, 1.165) is 0 Å². The smallest absolute Gasteiger partial charge is 0.347 e. The summed E-state index contributed by atoms with van der Waals surface area (Å²) in [6.45, 7) is -0.0219. The highest BCUT2D eigenvalue weighted by molar-refractivity contribution is 5.98. The third-order valence-electron chi connectivity index (χ3n) is 3.59. The maximum Gasteiger partial charge on any atom is 0.347 e.